The minimum atomic E-state index is 0.796. The zero-order chi connectivity index (χ0) is 15.7. The van der Waals surface area contributed by atoms with Crippen LogP contribution in [0.25, 0.3) is 10.9 Å². The molecular weight excluding hydrogens is 272 g/mol. The van der Waals surface area contributed by atoms with Gasteiger partial charge in [-0.25, -0.2) is 4.98 Å². The van der Waals surface area contributed by atoms with Gasteiger partial charge < -0.3 is 10.1 Å². The van der Waals surface area contributed by atoms with Gasteiger partial charge in [-0.1, -0.05) is 18.2 Å². The first kappa shape index (κ1) is 14.4. The van der Waals surface area contributed by atoms with Gasteiger partial charge in [0.1, 0.15) is 11.3 Å². The van der Waals surface area contributed by atoms with E-state index in [2.05, 4.69) is 54.5 Å². The number of pyridine rings is 1. The largest absolute Gasteiger partial charge is 0.494 e. The highest BCUT2D eigenvalue weighted by atomic mass is 16.5. The lowest BCUT2D eigenvalue weighted by atomic mass is 10.1. The lowest BCUT2D eigenvalue weighted by Crippen LogP contribution is -1.97. The number of fused-ring (bicyclic) bond motifs is 1. The van der Waals surface area contributed by atoms with Crippen LogP contribution in [-0.2, 0) is 0 Å². The number of rotatable bonds is 3. The first-order valence-electron chi connectivity index (χ1n) is 7.37. The van der Waals surface area contributed by atoms with Crippen molar-refractivity contribution in [3.8, 4) is 5.75 Å². The van der Waals surface area contributed by atoms with Gasteiger partial charge in [0, 0.05) is 22.5 Å². The average molecular weight is 292 g/mol. The minimum absolute atomic E-state index is 0.796. The molecule has 112 valence electrons. The van der Waals surface area contributed by atoms with E-state index < -0.39 is 0 Å². The summed E-state index contributed by atoms with van der Waals surface area (Å²) in [5.74, 6) is 0.796. The number of benzene rings is 2. The van der Waals surface area contributed by atoms with Gasteiger partial charge in [0.05, 0.1) is 7.11 Å². The van der Waals surface area contributed by atoms with E-state index >= 15 is 0 Å². The summed E-state index contributed by atoms with van der Waals surface area (Å²) in [7, 11) is 1.68. The van der Waals surface area contributed by atoms with Crippen molar-refractivity contribution in [3.05, 3.63) is 59.3 Å². The Hall–Kier alpha value is -2.55. The summed E-state index contributed by atoms with van der Waals surface area (Å²) in [6.07, 6.45) is 0. The highest BCUT2D eigenvalue weighted by molar-refractivity contribution is 5.96. The number of nitrogens with one attached hydrogen (secondary N) is 1. The van der Waals surface area contributed by atoms with Crippen molar-refractivity contribution < 1.29 is 4.74 Å². The standard InChI is InChI=1S/C19H20N2O/c1-12-8-9-15(10-13(12)2)21-17-11-14(3)20-19-16(17)6-5-7-18(19)22-4/h5-11H,1-4H3,(H,20,21). The summed E-state index contributed by atoms with van der Waals surface area (Å²) >= 11 is 0. The van der Waals surface area contributed by atoms with Crippen molar-refractivity contribution >= 4 is 22.3 Å². The Morgan fingerprint density at radius 1 is 0.955 bits per heavy atom. The van der Waals surface area contributed by atoms with Crippen LogP contribution >= 0.6 is 0 Å². The molecule has 0 spiro atoms. The van der Waals surface area contributed by atoms with Gasteiger partial charge in [0.25, 0.3) is 0 Å². The zero-order valence-corrected chi connectivity index (χ0v) is 13.4. The molecule has 3 heteroatoms. The van der Waals surface area contributed by atoms with Crippen molar-refractivity contribution in [1.29, 1.82) is 0 Å². The number of aryl methyl sites for hydroxylation is 3. The van der Waals surface area contributed by atoms with Gasteiger partial charge >= 0.3 is 0 Å². The molecule has 0 aliphatic rings. The van der Waals surface area contributed by atoms with E-state index in [1.54, 1.807) is 7.11 Å². The lowest BCUT2D eigenvalue weighted by molar-refractivity contribution is 0.419. The third kappa shape index (κ3) is 2.62. The van der Waals surface area contributed by atoms with Gasteiger partial charge in [-0.3, -0.25) is 0 Å². The second-order valence-electron chi connectivity index (χ2n) is 5.59. The molecule has 3 aromatic rings. The van der Waals surface area contributed by atoms with Crippen LogP contribution in [-0.4, -0.2) is 12.1 Å². The SMILES string of the molecule is COc1cccc2c(Nc3ccc(C)c(C)c3)cc(C)nc12. The molecule has 0 unspecified atom stereocenters. The summed E-state index contributed by atoms with van der Waals surface area (Å²) in [5.41, 5.74) is 6.54. The highest BCUT2D eigenvalue weighted by Crippen LogP contribution is 2.31. The summed E-state index contributed by atoms with van der Waals surface area (Å²) in [4.78, 5) is 4.62. The molecule has 22 heavy (non-hydrogen) atoms. The Labute approximate surface area is 131 Å². The fourth-order valence-electron chi connectivity index (χ4n) is 2.59. The number of aromatic nitrogens is 1. The van der Waals surface area contributed by atoms with Crippen LogP contribution in [0.5, 0.6) is 5.75 Å². The molecule has 0 saturated carbocycles. The summed E-state index contributed by atoms with van der Waals surface area (Å²) in [6, 6.07) is 14.5. The van der Waals surface area contributed by atoms with E-state index in [4.69, 9.17) is 4.74 Å². The van der Waals surface area contributed by atoms with Crippen LogP contribution in [0.1, 0.15) is 16.8 Å². The maximum Gasteiger partial charge on any atom is 0.145 e. The maximum absolute atomic E-state index is 5.43. The molecule has 0 amide bonds. The summed E-state index contributed by atoms with van der Waals surface area (Å²) in [6.45, 7) is 6.24. The number of ether oxygens (including phenoxy) is 1. The lowest BCUT2D eigenvalue weighted by Gasteiger charge is -2.13. The molecule has 0 fully saturated rings. The van der Waals surface area contributed by atoms with Crippen LogP contribution in [0.4, 0.5) is 11.4 Å². The van der Waals surface area contributed by atoms with Crippen molar-refractivity contribution in [1.82, 2.24) is 4.98 Å². The third-order valence-corrected chi connectivity index (χ3v) is 3.94. The molecule has 0 saturated heterocycles. The van der Waals surface area contributed by atoms with Crippen molar-refractivity contribution in [3.63, 3.8) is 0 Å². The third-order valence-electron chi connectivity index (χ3n) is 3.94. The number of hydrogen-bond acceptors (Lipinski definition) is 3. The van der Waals surface area contributed by atoms with Gasteiger partial charge in [0.15, 0.2) is 0 Å². The van der Waals surface area contributed by atoms with E-state index in [-0.39, 0.29) is 0 Å². The fourth-order valence-corrected chi connectivity index (χ4v) is 2.59. The maximum atomic E-state index is 5.43. The molecule has 2 aromatic carbocycles. The predicted octanol–water partition coefficient (Wildman–Crippen LogP) is 4.91. The summed E-state index contributed by atoms with van der Waals surface area (Å²) < 4.78 is 5.43. The first-order chi connectivity index (χ1) is 10.6. The molecule has 1 N–H and O–H groups in total. The topological polar surface area (TPSA) is 34.1 Å². The van der Waals surface area contributed by atoms with Crippen molar-refractivity contribution in [2.75, 3.05) is 12.4 Å². The molecule has 3 rings (SSSR count). The van der Waals surface area contributed by atoms with E-state index in [1.165, 1.54) is 11.1 Å². The van der Waals surface area contributed by atoms with Gasteiger partial charge in [0.2, 0.25) is 0 Å². The molecule has 3 nitrogen and oxygen atoms in total. The van der Waals surface area contributed by atoms with E-state index in [0.29, 0.717) is 0 Å². The average Bonchev–Trinajstić information content (AvgIpc) is 2.50. The van der Waals surface area contributed by atoms with Crippen LogP contribution in [0.2, 0.25) is 0 Å². The molecule has 0 bridgehead atoms. The first-order valence-corrected chi connectivity index (χ1v) is 7.37. The second-order valence-corrected chi connectivity index (χ2v) is 5.59. The number of hydrogen-bond donors (Lipinski definition) is 1. The van der Waals surface area contributed by atoms with E-state index in [9.17, 15) is 0 Å². The minimum Gasteiger partial charge on any atom is -0.494 e. The number of para-hydroxylation sites is 1. The molecule has 0 aliphatic heterocycles. The van der Waals surface area contributed by atoms with E-state index in [0.717, 1.165) is 33.7 Å². The van der Waals surface area contributed by atoms with Crippen LogP contribution in [0, 0.1) is 20.8 Å². The number of anilines is 2. The normalized spacial score (nSPS) is 10.7. The molecule has 1 heterocycles. The monoisotopic (exact) mass is 292 g/mol. The Bertz CT molecular complexity index is 840. The Kier molecular flexibility index (Phi) is 3.72. The Morgan fingerprint density at radius 2 is 1.77 bits per heavy atom. The fraction of sp³-hybridized carbons (Fsp3) is 0.211. The summed E-state index contributed by atoms with van der Waals surface area (Å²) in [5, 5.41) is 4.57. The second kappa shape index (κ2) is 5.68. The van der Waals surface area contributed by atoms with Crippen molar-refractivity contribution in [2.45, 2.75) is 20.8 Å². The van der Waals surface area contributed by atoms with Crippen LogP contribution in [0.15, 0.2) is 42.5 Å². The van der Waals surface area contributed by atoms with E-state index in [1.807, 2.05) is 19.1 Å². The Morgan fingerprint density at radius 3 is 2.50 bits per heavy atom. The Balaban J connectivity index is 2.12. The molecule has 1 aromatic heterocycles. The van der Waals surface area contributed by atoms with Crippen LogP contribution < -0.4 is 10.1 Å². The van der Waals surface area contributed by atoms with Crippen LogP contribution in [0.3, 0.4) is 0 Å². The smallest absolute Gasteiger partial charge is 0.145 e. The molecule has 0 radical (unpaired) electrons. The van der Waals surface area contributed by atoms with Gasteiger partial charge in [-0.15, -0.1) is 0 Å². The number of methoxy groups -OCH3 is 1. The van der Waals surface area contributed by atoms with Gasteiger partial charge in [-0.05, 0) is 56.2 Å². The predicted molar refractivity (Wildman–Crippen MR) is 92.2 cm³/mol. The number of nitrogens with zero attached hydrogens (tertiary/aromatic N) is 1. The molecule has 0 aliphatic carbocycles. The van der Waals surface area contributed by atoms with Gasteiger partial charge in [-0.2, -0.15) is 0 Å². The quantitative estimate of drug-likeness (QED) is 0.744. The van der Waals surface area contributed by atoms with Crippen molar-refractivity contribution in [2.24, 2.45) is 0 Å². The molecule has 0 atom stereocenters. The molecular formula is C19H20N2O. The zero-order valence-electron chi connectivity index (χ0n) is 13.4. The highest BCUT2D eigenvalue weighted by Gasteiger charge is 2.09.